The van der Waals surface area contributed by atoms with Gasteiger partial charge in [-0.2, -0.15) is 0 Å². The number of benzene rings is 1. The van der Waals surface area contributed by atoms with Crippen molar-refractivity contribution >= 4 is 17.7 Å². The molecule has 0 saturated carbocycles. The van der Waals surface area contributed by atoms with E-state index in [0.29, 0.717) is 11.1 Å². The summed E-state index contributed by atoms with van der Waals surface area (Å²) in [4.78, 5) is 13.4. The summed E-state index contributed by atoms with van der Waals surface area (Å²) in [6.45, 7) is 5.93. The highest BCUT2D eigenvalue weighted by Gasteiger charge is 2.20. The van der Waals surface area contributed by atoms with Crippen molar-refractivity contribution in [3.8, 4) is 11.5 Å². The number of aryl methyl sites for hydroxylation is 2. The van der Waals surface area contributed by atoms with Crippen LogP contribution in [0.4, 0.5) is 0 Å². The van der Waals surface area contributed by atoms with Gasteiger partial charge in [0.25, 0.3) is 5.22 Å². The lowest BCUT2D eigenvalue weighted by Crippen LogP contribution is -2.29. The second-order valence-corrected chi connectivity index (χ2v) is 6.46. The number of amides is 1. The van der Waals surface area contributed by atoms with Gasteiger partial charge in [0.15, 0.2) is 0 Å². The first kappa shape index (κ1) is 15.6. The van der Waals surface area contributed by atoms with Crippen LogP contribution < -0.4 is 0 Å². The van der Waals surface area contributed by atoms with E-state index >= 15 is 0 Å². The van der Waals surface area contributed by atoms with Crippen molar-refractivity contribution in [2.24, 2.45) is 0 Å². The van der Waals surface area contributed by atoms with Crippen LogP contribution in [-0.4, -0.2) is 40.3 Å². The molecule has 1 amide bonds. The fourth-order valence-corrected chi connectivity index (χ4v) is 2.64. The van der Waals surface area contributed by atoms with Gasteiger partial charge >= 0.3 is 0 Å². The molecule has 0 N–H and O–H groups in total. The van der Waals surface area contributed by atoms with E-state index in [1.54, 1.807) is 19.0 Å². The number of carbonyl (C=O) groups excluding carboxylic acids is 1. The van der Waals surface area contributed by atoms with Gasteiger partial charge in [0.2, 0.25) is 11.8 Å². The Kier molecular flexibility index (Phi) is 4.67. The third kappa shape index (κ3) is 3.64. The molecule has 5 nitrogen and oxygen atoms in total. The van der Waals surface area contributed by atoms with Gasteiger partial charge < -0.3 is 9.32 Å². The van der Waals surface area contributed by atoms with Gasteiger partial charge in [-0.05, 0) is 44.0 Å². The first-order valence-corrected chi connectivity index (χ1v) is 7.55. The zero-order chi connectivity index (χ0) is 15.6. The maximum atomic E-state index is 11.8. The van der Waals surface area contributed by atoms with Crippen molar-refractivity contribution < 1.29 is 9.21 Å². The van der Waals surface area contributed by atoms with E-state index in [9.17, 15) is 4.79 Å². The van der Waals surface area contributed by atoms with Crippen LogP contribution in [0.2, 0.25) is 0 Å². The van der Waals surface area contributed by atoms with Crippen LogP contribution in [0, 0.1) is 13.8 Å². The van der Waals surface area contributed by atoms with E-state index in [4.69, 9.17) is 4.42 Å². The highest BCUT2D eigenvalue weighted by molar-refractivity contribution is 8.00. The van der Waals surface area contributed by atoms with Gasteiger partial charge in [0.05, 0.1) is 5.25 Å². The predicted octanol–water partition coefficient (Wildman–Crippen LogP) is 2.92. The van der Waals surface area contributed by atoms with E-state index in [1.807, 2.05) is 32.0 Å². The van der Waals surface area contributed by atoms with E-state index in [0.717, 1.165) is 5.56 Å². The quantitative estimate of drug-likeness (QED) is 0.813. The van der Waals surface area contributed by atoms with Crippen molar-refractivity contribution in [2.75, 3.05) is 14.1 Å². The Bertz CT molecular complexity index is 652. The molecular weight excluding hydrogens is 286 g/mol. The molecule has 0 aliphatic heterocycles. The summed E-state index contributed by atoms with van der Waals surface area (Å²) in [6.07, 6.45) is 0. The maximum Gasteiger partial charge on any atom is 0.277 e. The standard InChI is InChI=1S/C15H19N3O2S/c1-9-6-7-12(8-10(9)2)13-16-17-15(20-13)21-11(3)14(19)18(4)5/h6-8,11H,1-5H3/t11-/m0/s1. The molecule has 112 valence electrons. The molecule has 1 aromatic carbocycles. The highest BCUT2D eigenvalue weighted by atomic mass is 32.2. The summed E-state index contributed by atoms with van der Waals surface area (Å²) >= 11 is 1.27. The Morgan fingerprint density at radius 3 is 2.57 bits per heavy atom. The van der Waals surface area contributed by atoms with Crippen LogP contribution in [0.3, 0.4) is 0 Å². The molecule has 0 aliphatic carbocycles. The molecule has 2 aromatic rings. The molecule has 0 unspecified atom stereocenters. The minimum Gasteiger partial charge on any atom is -0.411 e. The van der Waals surface area contributed by atoms with Crippen molar-refractivity contribution in [1.82, 2.24) is 15.1 Å². The number of carbonyl (C=O) groups is 1. The van der Waals surface area contributed by atoms with Gasteiger partial charge in [0.1, 0.15) is 0 Å². The molecule has 21 heavy (non-hydrogen) atoms. The largest absolute Gasteiger partial charge is 0.411 e. The molecule has 0 bridgehead atoms. The molecule has 0 radical (unpaired) electrons. The predicted molar refractivity (Wildman–Crippen MR) is 83.2 cm³/mol. The summed E-state index contributed by atoms with van der Waals surface area (Å²) < 4.78 is 5.64. The monoisotopic (exact) mass is 305 g/mol. The van der Waals surface area contributed by atoms with Gasteiger partial charge in [-0.1, -0.05) is 17.8 Å². The van der Waals surface area contributed by atoms with E-state index in [1.165, 1.54) is 22.9 Å². The molecule has 0 saturated heterocycles. The van der Waals surface area contributed by atoms with E-state index < -0.39 is 0 Å². The lowest BCUT2D eigenvalue weighted by atomic mass is 10.1. The second kappa shape index (κ2) is 6.30. The molecule has 0 fully saturated rings. The summed E-state index contributed by atoms with van der Waals surface area (Å²) in [7, 11) is 3.46. The SMILES string of the molecule is Cc1ccc(-c2nnc(S[C@@H](C)C(=O)N(C)C)o2)cc1C. The maximum absolute atomic E-state index is 11.8. The van der Waals surface area contributed by atoms with Gasteiger partial charge in [0, 0.05) is 19.7 Å². The fraction of sp³-hybridized carbons (Fsp3) is 0.400. The van der Waals surface area contributed by atoms with Gasteiger partial charge in [-0.25, -0.2) is 0 Å². The number of nitrogens with zero attached hydrogens (tertiary/aromatic N) is 3. The second-order valence-electron chi connectivity index (χ2n) is 5.16. The van der Waals surface area contributed by atoms with Crippen molar-refractivity contribution in [2.45, 2.75) is 31.2 Å². The number of hydrogen-bond donors (Lipinski definition) is 0. The highest BCUT2D eigenvalue weighted by Crippen LogP contribution is 2.27. The Labute approximate surface area is 128 Å². The van der Waals surface area contributed by atoms with Crippen molar-refractivity contribution in [3.05, 3.63) is 29.3 Å². The van der Waals surface area contributed by atoms with Gasteiger partial charge in [-0.3, -0.25) is 4.79 Å². The zero-order valence-electron chi connectivity index (χ0n) is 12.9. The van der Waals surface area contributed by atoms with Crippen LogP contribution in [0.15, 0.2) is 27.8 Å². The van der Waals surface area contributed by atoms with Crippen LogP contribution in [-0.2, 0) is 4.79 Å². The molecule has 2 rings (SSSR count). The van der Waals surface area contributed by atoms with Crippen LogP contribution in [0.25, 0.3) is 11.5 Å². The number of aromatic nitrogens is 2. The van der Waals surface area contributed by atoms with E-state index in [2.05, 4.69) is 17.1 Å². The number of rotatable bonds is 4. The Morgan fingerprint density at radius 2 is 1.95 bits per heavy atom. The lowest BCUT2D eigenvalue weighted by Gasteiger charge is -2.14. The summed E-state index contributed by atoms with van der Waals surface area (Å²) in [6, 6.07) is 6.00. The van der Waals surface area contributed by atoms with Crippen LogP contribution in [0.1, 0.15) is 18.1 Å². The average Bonchev–Trinajstić information content (AvgIpc) is 2.89. The molecule has 1 heterocycles. The number of hydrogen-bond acceptors (Lipinski definition) is 5. The molecule has 0 spiro atoms. The van der Waals surface area contributed by atoms with Crippen molar-refractivity contribution in [1.29, 1.82) is 0 Å². The van der Waals surface area contributed by atoms with E-state index in [-0.39, 0.29) is 11.2 Å². The normalized spacial score (nSPS) is 12.2. The smallest absolute Gasteiger partial charge is 0.277 e. The average molecular weight is 305 g/mol. The Hall–Kier alpha value is -1.82. The fourth-order valence-electron chi connectivity index (χ4n) is 1.81. The first-order chi connectivity index (χ1) is 9.88. The molecule has 6 heteroatoms. The third-order valence-electron chi connectivity index (χ3n) is 3.23. The van der Waals surface area contributed by atoms with Crippen molar-refractivity contribution in [3.63, 3.8) is 0 Å². The summed E-state index contributed by atoms with van der Waals surface area (Å²) in [5.41, 5.74) is 3.29. The molecule has 0 aliphatic rings. The molecule has 1 atom stereocenters. The minimum absolute atomic E-state index is 0.0194. The minimum atomic E-state index is -0.256. The zero-order valence-corrected chi connectivity index (χ0v) is 13.7. The van der Waals surface area contributed by atoms with Gasteiger partial charge in [-0.15, -0.1) is 10.2 Å². The lowest BCUT2D eigenvalue weighted by molar-refractivity contribution is -0.127. The molecular formula is C15H19N3O2S. The Morgan fingerprint density at radius 1 is 1.24 bits per heavy atom. The molecule has 1 aromatic heterocycles. The van der Waals surface area contributed by atoms with Crippen LogP contribution in [0.5, 0.6) is 0 Å². The Balaban J connectivity index is 2.14. The summed E-state index contributed by atoms with van der Waals surface area (Å²) in [5, 5.41) is 8.21. The number of thioether (sulfide) groups is 1. The third-order valence-corrected chi connectivity index (χ3v) is 4.15. The van der Waals surface area contributed by atoms with Crippen LogP contribution >= 0.6 is 11.8 Å². The summed E-state index contributed by atoms with van der Waals surface area (Å²) in [5.74, 6) is 0.496. The topological polar surface area (TPSA) is 59.2 Å². The first-order valence-electron chi connectivity index (χ1n) is 6.67.